The molecule has 2 heterocycles. The van der Waals surface area contributed by atoms with E-state index in [9.17, 15) is 4.79 Å². The molecule has 1 atom stereocenters. The van der Waals surface area contributed by atoms with E-state index >= 15 is 0 Å². The number of carbonyl (C=O) groups excluding carboxylic acids is 1. The number of amides is 1. The molecule has 6 heteroatoms. The molecule has 1 aliphatic heterocycles. The van der Waals surface area contributed by atoms with Crippen molar-refractivity contribution in [2.75, 3.05) is 33.4 Å². The van der Waals surface area contributed by atoms with Gasteiger partial charge in [0.2, 0.25) is 0 Å². The summed E-state index contributed by atoms with van der Waals surface area (Å²) in [4.78, 5) is 15.1. The molecule has 1 saturated carbocycles. The van der Waals surface area contributed by atoms with Crippen LogP contribution in [0.4, 0.5) is 0 Å². The molecule has 0 bridgehead atoms. The molecule has 29 heavy (non-hydrogen) atoms. The summed E-state index contributed by atoms with van der Waals surface area (Å²) in [6.45, 7) is 6.61. The SMILES string of the molecule is CCc1cn(CCCOC)c2cc(CN(C(=O)[C@H]3CNCCO3)C3CC3)ccc12. The van der Waals surface area contributed by atoms with Gasteiger partial charge in [-0.05, 0) is 42.9 Å². The highest BCUT2D eigenvalue weighted by Crippen LogP contribution is 2.31. The van der Waals surface area contributed by atoms with E-state index in [1.165, 1.54) is 22.0 Å². The van der Waals surface area contributed by atoms with Crippen molar-refractivity contribution in [1.82, 2.24) is 14.8 Å². The first-order valence-corrected chi connectivity index (χ1v) is 10.9. The fraction of sp³-hybridized carbons (Fsp3) is 0.609. The van der Waals surface area contributed by atoms with Crippen LogP contribution in [0.5, 0.6) is 0 Å². The lowest BCUT2D eigenvalue weighted by molar-refractivity contribution is -0.146. The van der Waals surface area contributed by atoms with Crippen LogP contribution in [0.3, 0.4) is 0 Å². The number of morpholine rings is 1. The second kappa shape index (κ2) is 9.28. The third-order valence-electron chi connectivity index (χ3n) is 5.98. The minimum absolute atomic E-state index is 0.129. The van der Waals surface area contributed by atoms with Crippen LogP contribution in [0.2, 0.25) is 0 Å². The van der Waals surface area contributed by atoms with Crippen LogP contribution in [-0.2, 0) is 33.8 Å². The van der Waals surface area contributed by atoms with Crippen molar-refractivity contribution in [1.29, 1.82) is 0 Å². The number of benzene rings is 1. The highest BCUT2D eigenvalue weighted by atomic mass is 16.5. The number of hydrogen-bond acceptors (Lipinski definition) is 4. The van der Waals surface area contributed by atoms with Crippen LogP contribution in [0, 0.1) is 0 Å². The lowest BCUT2D eigenvalue weighted by Gasteiger charge is -2.30. The summed E-state index contributed by atoms with van der Waals surface area (Å²) in [6, 6.07) is 7.04. The van der Waals surface area contributed by atoms with Crippen molar-refractivity contribution in [2.45, 2.75) is 57.8 Å². The molecule has 0 radical (unpaired) electrons. The Balaban J connectivity index is 1.55. The lowest BCUT2D eigenvalue weighted by atomic mass is 10.1. The van der Waals surface area contributed by atoms with Gasteiger partial charge in [-0.2, -0.15) is 0 Å². The van der Waals surface area contributed by atoms with E-state index in [0.29, 0.717) is 25.7 Å². The molecule has 2 aromatic rings. The maximum absolute atomic E-state index is 13.1. The Morgan fingerprint density at radius 2 is 2.24 bits per heavy atom. The molecule has 158 valence electrons. The van der Waals surface area contributed by atoms with Crippen molar-refractivity contribution < 1.29 is 14.3 Å². The molecule has 1 saturated heterocycles. The minimum atomic E-state index is -0.349. The molecule has 2 fully saturated rings. The Labute approximate surface area is 173 Å². The van der Waals surface area contributed by atoms with Crippen molar-refractivity contribution in [3.63, 3.8) is 0 Å². The van der Waals surface area contributed by atoms with E-state index in [1.807, 2.05) is 4.90 Å². The maximum Gasteiger partial charge on any atom is 0.253 e. The Morgan fingerprint density at radius 1 is 1.38 bits per heavy atom. The quantitative estimate of drug-likeness (QED) is 0.659. The third-order valence-corrected chi connectivity index (χ3v) is 5.98. The minimum Gasteiger partial charge on any atom is -0.385 e. The van der Waals surface area contributed by atoms with Gasteiger partial charge in [-0.1, -0.05) is 19.1 Å². The van der Waals surface area contributed by atoms with Crippen molar-refractivity contribution in [3.8, 4) is 0 Å². The molecule has 2 aliphatic rings. The van der Waals surface area contributed by atoms with Gasteiger partial charge in [-0.15, -0.1) is 0 Å². The smallest absolute Gasteiger partial charge is 0.253 e. The molecular weight excluding hydrogens is 366 g/mol. The molecular formula is C23H33N3O3. The topological polar surface area (TPSA) is 55.7 Å². The first kappa shape index (κ1) is 20.4. The first-order chi connectivity index (χ1) is 14.2. The zero-order valence-corrected chi connectivity index (χ0v) is 17.7. The molecule has 1 aliphatic carbocycles. The van der Waals surface area contributed by atoms with Gasteiger partial charge in [0.05, 0.1) is 6.61 Å². The number of fused-ring (bicyclic) bond motifs is 1. The Hall–Kier alpha value is -1.89. The average Bonchev–Trinajstić information content (AvgIpc) is 3.54. The van der Waals surface area contributed by atoms with Gasteiger partial charge in [0.25, 0.3) is 5.91 Å². The summed E-state index contributed by atoms with van der Waals surface area (Å²) in [5.41, 5.74) is 3.82. The second-order valence-electron chi connectivity index (χ2n) is 8.16. The van der Waals surface area contributed by atoms with E-state index in [4.69, 9.17) is 9.47 Å². The Bertz CT molecular complexity index is 837. The van der Waals surface area contributed by atoms with Gasteiger partial charge in [0.1, 0.15) is 6.10 Å². The van der Waals surface area contributed by atoms with Crippen LogP contribution in [-0.4, -0.2) is 60.9 Å². The van der Waals surface area contributed by atoms with Crippen LogP contribution in [0.25, 0.3) is 10.9 Å². The van der Waals surface area contributed by atoms with Gasteiger partial charge in [-0.25, -0.2) is 0 Å². The van der Waals surface area contributed by atoms with Gasteiger partial charge >= 0.3 is 0 Å². The summed E-state index contributed by atoms with van der Waals surface area (Å²) < 4.78 is 13.3. The maximum atomic E-state index is 13.1. The lowest BCUT2D eigenvalue weighted by Crippen LogP contribution is -2.49. The Kier molecular flexibility index (Phi) is 6.53. The number of carbonyl (C=O) groups is 1. The van der Waals surface area contributed by atoms with Crippen LogP contribution < -0.4 is 5.32 Å². The second-order valence-corrected chi connectivity index (χ2v) is 8.16. The van der Waals surface area contributed by atoms with Crippen molar-refractivity contribution >= 4 is 16.8 Å². The zero-order chi connectivity index (χ0) is 20.2. The fourth-order valence-corrected chi connectivity index (χ4v) is 4.24. The summed E-state index contributed by atoms with van der Waals surface area (Å²) in [5, 5.41) is 4.59. The third kappa shape index (κ3) is 4.65. The number of aromatic nitrogens is 1. The number of methoxy groups -OCH3 is 1. The number of nitrogens with one attached hydrogen (secondary N) is 1. The van der Waals surface area contributed by atoms with Crippen molar-refractivity contribution in [2.24, 2.45) is 0 Å². The predicted octanol–water partition coefficient (Wildman–Crippen LogP) is 2.72. The first-order valence-electron chi connectivity index (χ1n) is 10.9. The summed E-state index contributed by atoms with van der Waals surface area (Å²) in [6.07, 6.45) is 6.13. The number of hydrogen-bond donors (Lipinski definition) is 1. The molecule has 1 aromatic heterocycles. The van der Waals surface area contributed by atoms with Crippen LogP contribution >= 0.6 is 0 Å². The molecule has 6 nitrogen and oxygen atoms in total. The van der Waals surface area contributed by atoms with Crippen molar-refractivity contribution in [3.05, 3.63) is 35.5 Å². The fourth-order valence-electron chi connectivity index (χ4n) is 4.24. The molecule has 1 N–H and O–H groups in total. The normalized spacial score (nSPS) is 19.6. The molecule has 1 amide bonds. The van der Waals surface area contributed by atoms with Crippen LogP contribution in [0.15, 0.2) is 24.4 Å². The van der Waals surface area contributed by atoms with E-state index in [1.54, 1.807) is 7.11 Å². The highest BCUT2D eigenvalue weighted by molar-refractivity contribution is 5.85. The molecule has 4 rings (SSSR count). The summed E-state index contributed by atoms with van der Waals surface area (Å²) in [5.74, 6) is 0.129. The standard InChI is InChI=1S/C23H33N3O3/c1-3-18-16-25(10-4-11-28-2)21-13-17(5-8-20(18)21)15-26(19-6-7-19)23(27)22-14-24-9-12-29-22/h5,8,13,16,19,22,24H,3-4,6-7,9-12,14-15H2,1-2H3/t22-/m1/s1. The highest BCUT2D eigenvalue weighted by Gasteiger charge is 2.36. The number of rotatable bonds is 9. The summed E-state index contributed by atoms with van der Waals surface area (Å²) in [7, 11) is 1.75. The van der Waals surface area contributed by atoms with Gasteiger partial charge in [0, 0.05) is 63.0 Å². The largest absolute Gasteiger partial charge is 0.385 e. The predicted molar refractivity (Wildman–Crippen MR) is 114 cm³/mol. The Morgan fingerprint density at radius 3 is 2.93 bits per heavy atom. The number of ether oxygens (including phenoxy) is 2. The van der Waals surface area contributed by atoms with Crippen LogP contribution in [0.1, 0.15) is 37.3 Å². The van der Waals surface area contributed by atoms with E-state index < -0.39 is 0 Å². The molecule has 1 aromatic carbocycles. The van der Waals surface area contributed by atoms with Gasteiger partial charge in [0.15, 0.2) is 0 Å². The van der Waals surface area contributed by atoms with E-state index in [0.717, 1.165) is 45.4 Å². The van der Waals surface area contributed by atoms with Gasteiger partial charge in [-0.3, -0.25) is 4.79 Å². The molecule has 0 unspecified atom stereocenters. The number of nitrogens with zero attached hydrogens (tertiary/aromatic N) is 2. The van der Waals surface area contributed by atoms with E-state index in [-0.39, 0.29) is 12.0 Å². The van der Waals surface area contributed by atoms with Gasteiger partial charge < -0.3 is 24.3 Å². The number of aryl methyl sites for hydroxylation is 2. The molecule has 0 spiro atoms. The average molecular weight is 400 g/mol. The monoisotopic (exact) mass is 399 g/mol. The summed E-state index contributed by atoms with van der Waals surface area (Å²) >= 11 is 0. The van der Waals surface area contributed by atoms with E-state index in [2.05, 4.69) is 41.2 Å². The zero-order valence-electron chi connectivity index (χ0n) is 17.7.